The summed E-state index contributed by atoms with van der Waals surface area (Å²) in [5, 5.41) is 13.1. The third kappa shape index (κ3) is 3.68. The molecular formula is C14H15BrN2O2. The van der Waals surface area contributed by atoms with Crippen LogP contribution in [-0.4, -0.2) is 17.2 Å². The fourth-order valence-corrected chi connectivity index (χ4v) is 2.23. The number of hydrogen-bond acceptors (Lipinski definition) is 4. The standard InChI is InChI=1S/C14H15BrN2O2/c1-19-13-7-11(6-12(15)14(13)18)9-17-8-10-2-4-16-5-3-10/h2-7,17-18H,8-9H2,1H3. The minimum absolute atomic E-state index is 0.125. The van der Waals surface area contributed by atoms with Gasteiger partial charge in [-0.15, -0.1) is 0 Å². The summed E-state index contributed by atoms with van der Waals surface area (Å²) in [6.45, 7) is 1.46. The van der Waals surface area contributed by atoms with Crippen LogP contribution in [0.2, 0.25) is 0 Å². The molecule has 0 spiro atoms. The number of hydrogen-bond donors (Lipinski definition) is 2. The van der Waals surface area contributed by atoms with E-state index >= 15 is 0 Å². The van der Waals surface area contributed by atoms with Crippen LogP contribution in [0.3, 0.4) is 0 Å². The van der Waals surface area contributed by atoms with E-state index in [1.807, 2.05) is 24.3 Å². The second kappa shape index (κ2) is 6.54. The molecule has 0 saturated carbocycles. The van der Waals surface area contributed by atoms with Crippen molar-refractivity contribution in [1.82, 2.24) is 10.3 Å². The molecule has 0 aliphatic heterocycles. The third-order valence-electron chi connectivity index (χ3n) is 2.72. The van der Waals surface area contributed by atoms with E-state index in [0.717, 1.165) is 12.1 Å². The van der Waals surface area contributed by atoms with Crippen molar-refractivity contribution in [1.29, 1.82) is 0 Å². The van der Waals surface area contributed by atoms with Gasteiger partial charge in [-0.2, -0.15) is 0 Å². The van der Waals surface area contributed by atoms with Gasteiger partial charge in [-0.1, -0.05) is 0 Å². The fraction of sp³-hybridized carbons (Fsp3) is 0.214. The van der Waals surface area contributed by atoms with E-state index in [9.17, 15) is 5.11 Å². The van der Waals surface area contributed by atoms with E-state index in [0.29, 0.717) is 16.8 Å². The number of methoxy groups -OCH3 is 1. The monoisotopic (exact) mass is 322 g/mol. The molecule has 5 heteroatoms. The number of pyridine rings is 1. The van der Waals surface area contributed by atoms with Crippen molar-refractivity contribution >= 4 is 15.9 Å². The number of ether oxygens (including phenoxy) is 1. The smallest absolute Gasteiger partial charge is 0.172 e. The number of rotatable bonds is 5. The van der Waals surface area contributed by atoms with E-state index in [1.165, 1.54) is 12.7 Å². The van der Waals surface area contributed by atoms with Crippen LogP contribution in [0.25, 0.3) is 0 Å². The van der Waals surface area contributed by atoms with Crippen LogP contribution in [0.5, 0.6) is 11.5 Å². The molecule has 2 aromatic rings. The highest BCUT2D eigenvalue weighted by molar-refractivity contribution is 9.10. The van der Waals surface area contributed by atoms with Crippen LogP contribution < -0.4 is 10.1 Å². The summed E-state index contributed by atoms with van der Waals surface area (Å²) in [5.74, 6) is 0.593. The van der Waals surface area contributed by atoms with Gasteiger partial charge in [-0.3, -0.25) is 4.98 Å². The van der Waals surface area contributed by atoms with Crippen LogP contribution >= 0.6 is 15.9 Å². The maximum atomic E-state index is 9.73. The summed E-state index contributed by atoms with van der Waals surface area (Å²) in [4.78, 5) is 3.98. The predicted molar refractivity (Wildman–Crippen MR) is 77.1 cm³/mol. The molecule has 2 rings (SSSR count). The van der Waals surface area contributed by atoms with Crippen molar-refractivity contribution in [3.63, 3.8) is 0 Å². The Morgan fingerprint density at radius 1 is 1.21 bits per heavy atom. The zero-order valence-electron chi connectivity index (χ0n) is 10.6. The first-order valence-electron chi connectivity index (χ1n) is 5.85. The molecule has 1 aromatic carbocycles. The van der Waals surface area contributed by atoms with Crippen molar-refractivity contribution in [2.75, 3.05) is 7.11 Å². The van der Waals surface area contributed by atoms with Gasteiger partial charge in [0.2, 0.25) is 0 Å². The number of halogens is 1. The molecule has 19 heavy (non-hydrogen) atoms. The minimum atomic E-state index is 0.125. The molecule has 100 valence electrons. The molecule has 1 aromatic heterocycles. The SMILES string of the molecule is COc1cc(CNCc2ccncc2)cc(Br)c1O. The summed E-state index contributed by atoms with van der Waals surface area (Å²) in [5.41, 5.74) is 2.22. The van der Waals surface area contributed by atoms with Gasteiger partial charge in [0.05, 0.1) is 11.6 Å². The molecule has 0 saturated heterocycles. The Morgan fingerprint density at radius 3 is 2.58 bits per heavy atom. The van der Waals surface area contributed by atoms with Gasteiger partial charge < -0.3 is 15.2 Å². The van der Waals surface area contributed by atoms with Gasteiger partial charge in [0.15, 0.2) is 11.5 Å². The average molecular weight is 323 g/mol. The molecule has 0 radical (unpaired) electrons. The number of nitrogens with one attached hydrogen (secondary N) is 1. The number of nitrogens with zero attached hydrogens (tertiary/aromatic N) is 1. The van der Waals surface area contributed by atoms with E-state index in [2.05, 4.69) is 26.2 Å². The van der Waals surface area contributed by atoms with Gasteiger partial charge >= 0.3 is 0 Å². The number of benzene rings is 1. The van der Waals surface area contributed by atoms with Gasteiger partial charge in [-0.05, 0) is 51.3 Å². The van der Waals surface area contributed by atoms with Crippen molar-refractivity contribution in [3.05, 3.63) is 52.3 Å². The van der Waals surface area contributed by atoms with Crippen LogP contribution in [-0.2, 0) is 13.1 Å². The Morgan fingerprint density at radius 2 is 1.89 bits per heavy atom. The van der Waals surface area contributed by atoms with Crippen molar-refractivity contribution < 1.29 is 9.84 Å². The molecule has 0 fully saturated rings. The Balaban J connectivity index is 1.98. The van der Waals surface area contributed by atoms with Gasteiger partial charge in [0.25, 0.3) is 0 Å². The maximum absolute atomic E-state index is 9.73. The number of aromatic hydroxyl groups is 1. The molecule has 0 unspecified atom stereocenters. The lowest BCUT2D eigenvalue weighted by atomic mass is 10.2. The second-order valence-electron chi connectivity index (χ2n) is 4.09. The van der Waals surface area contributed by atoms with E-state index in [1.54, 1.807) is 12.4 Å². The minimum Gasteiger partial charge on any atom is -0.503 e. The van der Waals surface area contributed by atoms with E-state index in [4.69, 9.17) is 4.74 Å². The van der Waals surface area contributed by atoms with Crippen LogP contribution in [0.1, 0.15) is 11.1 Å². The first-order chi connectivity index (χ1) is 9.20. The Kier molecular flexibility index (Phi) is 4.76. The second-order valence-corrected chi connectivity index (χ2v) is 4.94. The van der Waals surface area contributed by atoms with Crippen LogP contribution in [0.4, 0.5) is 0 Å². The van der Waals surface area contributed by atoms with Gasteiger partial charge in [0.1, 0.15) is 0 Å². The fourth-order valence-electron chi connectivity index (χ4n) is 1.74. The van der Waals surface area contributed by atoms with Crippen molar-refractivity contribution in [2.45, 2.75) is 13.1 Å². The lowest BCUT2D eigenvalue weighted by molar-refractivity contribution is 0.371. The lowest BCUT2D eigenvalue weighted by Gasteiger charge is -2.10. The number of phenols is 1. The van der Waals surface area contributed by atoms with Crippen molar-refractivity contribution in [2.24, 2.45) is 0 Å². The predicted octanol–water partition coefficient (Wildman–Crippen LogP) is 2.85. The van der Waals surface area contributed by atoms with Gasteiger partial charge in [0, 0.05) is 25.5 Å². The summed E-state index contributed by atoms with van der Waals surface area (Å²) >= 11 is 3.31. The van der Waals surface area contributed by atoms with E-state index in [-0.39, 0.29) is 5.75 Å². The quantitative estimate of drug-likeness (QED) is 0.888. The topological polar surface area (TPSA) is 54.4 Å². The zero-order valence-corrected chi connectivity index (χ0v) is 12.1. The molecule has 1 heterocycles. The molecule has 0 aliphatic rings. The largest absolute Gasteiger partial charge is 0.503 e. The van der Waals surface area contributed by atoms with E-state index < -0.39 is 0 Å². The Labute approximate surface area is 120 Å². The molecular weight excluding hydrogens is 308 g/mol. The number of aromatic nitrogens is 1. The summed E-state index contributed by atoms with van der Waals surface area (Å²) in [6.07, 6.45) is 3.55. The van der Waals surface area contributed by atoms with Crippen LogP contribution in [0, 0.1) is 0 Å². The summed E-state index contributed by atoms with van der Waals surface area (Å²) < 4.78 is 5.75. The Hall–Kier alpha value is -1.59. The average Bonchev–Trinajstić information content (AvgIpc) is 2.43. The molecule has 0 amide bonds. The third-order valence-corrected chi connectivity index (χ3v) is 3.32. The normalized spacial score (nSPS) is 10.4. The first kappa shape index (κ1) is 13.8. The lowest BCUT2D eigenvalue weighted by Crippen LogP contribution is -2.12. The highest BCUT2D eigenvalue weighted by atomic mass is 79.9. The highest BCUT2D eigenvalue weighted by Crippen LogP contribution is 2.35. The van der Waals surface area contributed by atoms with Crippen molar-refractivity contribution in [3.8, 4) is 11.5 Å². The molecule has 4 nitrogen and oxygen atoms in total. The summed E-state index contributed by atoms with van der Waals surface area (Å²) in [6, 6.07) is 7.64. The summed E-state index contributed by atoms with van der Waals surface area (Å²) in [7, 11) is 1.54. The van der Waals surface area contributed by atoms with Gasteiger partial charge in [-0.25, -0.2) is 0 Å². The highest BCUT2D eigenvalue weighted by Gasteiger charge is 2.08. The Bertz CT molecular complexity index is 547. The molecule has 0 bridgehead atoms. The zero-order chi connectivity index (χ0) is 13.7. The number of phenolic OH excluding ortho intramolecular Hbond substituents is 1. The maximum Gasteiger partial charge on any atom is 0.172 e. The molecule has 0 atom stereocenters. The molecule has 2 N–H and O–H groups in total. The molecule has 0 aliphatic carbocycles. The first-order valence-corrected chi connectivity index (χ1v) is 6.65. The van der Waals surface area contributed by atoms with Crippen LogP contribution in [0.15, 0.2) is 41.1 Å².